The molecule has 0 aromatic heterocycles. The Balaban J connectivity index is 1.42. The summed E-state index contributed by atoms with van der Waals surface area (Å²) in [7, 11) is -16.8. The fraction of sp³-hybridized carbons (Fsp3) is 0.259. The molecule has 0 spiro atoms. The van der Waals surface area contributed by atoms with Gasteiger partial charge in [-0.15, -0.1) is 0 Å². The van der Waals surface area contributed by atoms with Crippen LogP contribution in [0.4, 0.5) is 0 Å². The minimum atomic E-state index is -4.69. The van der Waals surface area contributed by atoms with Crippen LogP contribution in [0.1, 0.15) is 90.1 Å². The summed E-state index contributed by atoms with van der Waals surface area (Å²) in [6.07, 6.45) is 0. The molecule has 7 aromatic rings. The highest BCUT2D eigenvalue weighted by atomic mass is 32.3. The molecule has 0 aliphatic rings. The molecule has 0 fully saturated rings. The lowest BCUT2D eigenvalue weighted by molar-refractivity contribution is 0.450. The van der Waals surface area contributed by atoms with Crippen LogP contribution in [0.25, 0.3) is 10.8 Å². The van der Waals surface area contributed by atoms with E-state index in [9.17, 15) is 16.8 Å². The maximum absolute atomic E-state index is 15.2. The van der Waals surface area contributed by atoms with E-state index in [0.717, 1.165) is 27.8 Å². The van der Waals surface area contributed by atoms with Gasteiger partial charge < -0.3 is 8.37 Å². The summed E-state index contributed by atoms with van der Waals surface area (Å²) in [6, 6.07) is 42.5. The Labute approximate surface area is 399 Å². The Bertz CT molecular complexity index is 3130. The van der Waals surface area contributed by atoms with Gasteiger partial charge in [0.15, 0.2) is 11.5 Å². The van der Waals surface area contributed by atoms with Gasteiger partial charge in [-0.1, -0.05) is 140 Å². The summed E-state index contributed by atoms with van der Waals surface area (Å²) >= 11 is 0. The highest BCUT2D eigenvalue weighted by molar-refractivity contribution is 8.33. The maximum atomic E-state index is 15.2. The zero-order chi connectivity index (χ0) is 49.0. The van der Waals surface area contributed by atoms with Crippen LogP contribution >= 0.6 is 10.3 Å². The van der Waals surface area contributed by atoms with Crippen LogP contribution in [0.2, 0.25) is 0 Å². The van der Waals surface area contributed by atoms with E-state index in [0.29, 0.717) is 20.1 Å². The molecule has 13 heteroatoms. The number of fused-ring (bicyclic) bond motifs is 1. The normalized spacial score (nSPS) is 13.4. The van der Waals surface area contributed by atoms with Gasteiger partial charge in [-0.25, -0.2) is 3.63 Å². The lowest BCUT2D eigenvalue weighted by Crippen LogP contribution is -2.17. The van der Waals surface area contributed by atoms with Gasteiger partial charge in [0.2, 0.25) is 0 Å². The van der Waals surface area contributed by atoms with Crippen molar-refractivity contribution in [2.75, 3.05) is 0 Å². The van der Waals surface area contributed by atoms with Gasteiger partial charge in [0, 0.05) is 14.7 Å². The molecule has 0 unspecified atom stereocenters. The third-order valence-electron chi connectivity index (χ3n) is 11.5. The smallest absolute Gasteiger partial charge is 0.339 e. The molecule has 352 valence electrons. The van der Waals surface area contributed by atoms with Crippen LogP contribution in [-0.4, -0.2) is 25.3 Å². The third kappa shape index (κ3) is 10.7. The van der Waals surface area contributed by atoms with Crippen molar-refractivity contribution < 1.29 is 37.2 Å². The molecule has 7 rings (SSSR count). The third-order valence-corrected chi connectivity index (χ3v) is 19.2. The molecule has 0 radical (unpaired) electrons. The first-order chi connectivity index (χ1) is 31.1. The number of hydrogen-bond donors (Lipinski definition) is 0. The van der Waals surface area contributed by atoms with Gasteiger partial charge in [-0.3, -0.25) is 0 Å². The highest BCUT2D eigenvalue weighted by Crippen LogP contribution is 2.70. The number of benzene rings is 7. The van der Waals surface area contributed by atoms with Crippen molar-refractivity contribution in [3.8, 4) is 11.5 Å². The van der Waals surface area contributed by atoms with Crippen molar-refractivity contribution in [3.05, 3.63) is 179 Å². The quantitative estimate of drug-likeness (QED) is 0.110. The van der Waals surface area contributed by atoms with Crippen molar-refractivity contribution in [2.45, 2.75) is 122 Å². The van der Waals surface area contributed by atoms with Crippen molar-refractivity contribution >= 4 is 51.4 Å². The van der Waals surface area contributed by atoms with Crippen molar-refractivity contribution in [2.24, 2.45) is 0 Å². The van der Waals surface area contributed by atoms with Gasteiger partial charge in [0.25, 0.3) is 0 Å². The van der Waals surface area contributed by atoms with Crippen LogP contribution in [0.3, 0.4) is 0 Å². The molecule has 0 heterocycles. The predicted octanol–water partition coefficient (Wildman–Crippen LogP) is 13.5. The summed E-state index contributed by atoms with van der Waals surface area (Å²) in [6.45, 7) is 22.7. The predicted molar refractivity (Wildman–Crippen MR) is 268 cm³/mol. The van der Waals surface area contributed by atoms with E-state index in [1.54, 1.807) is 31.2 Å². The van der Waals surface area contributed by atoms with Gasteiger partial charge >= 0.3 is 30.4 Å². The number of rotatable bonds is 12. The second-order valence-electron chi connectivity index (χ2n) is 19.9. The minimum Gasteiger partial charge on any atom is -0.375 e. The number of aryl methyl sites for hydroxylation is 2. The summed E-state index contributed by atoms with van der Waals surface area (Å²) < 4.78 is 103. The molecule has 0 amide bonds. The molecular weight excluding hydrogens is 921 g/mol. The van der Waals surface area contributed by atoms with E-state index in [1.165, 1.54) is 54.6 Å². The van der Waals surface area contributed by atoms with Crippen molar-refractivity contribution in [1.82, 2.24) is 0 Å². The molecule has 0 aliphatic carbocycles. The molecule has 0 saturated carbocycles. The summed E-state index contributed by atoms with van der Waals surface area (Å²) in [5.74, 6) is -0.897. The maximum Gasteiger partial charge on any atom is 0.339 e. The lowest BCUT2D eigenvalue weighted by atomic mass is 9.87. The summed E-state index contributed by atoms with van der Waals surface area (Å²) in [5.41, 5.74) is 4.26. The standard InChI is InChI=1S/C54H58O9S4/c1-37-12-23-47(24-13-37)65(55,56)61-50-35-39-16-27-49(34-40(39)36-51(50)62-66(57,58)48-25-14-38(2)15-26-48)67(59,60)63-64(44-28-17-41(18-29-44)52(3,4)5,45-30-19-42(20-31-45)53(6,7)8)46-32-21-43(22-33-46)54(9,10)11/h12-36H,1-11H3. The number of hydrogen-bond acceptors (Lipinski definition) is 9. The molecular formula is C54H58O9S4. The topological polar surface area (TPSA) is 130 Å². The Morgan fingerprint density at radius 1 is 0.328 bits per heavy atom. The average molecular weight is 979 g/mol. The van der Waals surface area contributed by atoms with Crippen LogP contribution < -0.4 is 8.37 Å². The van der Waals surface area contributed by atoms with E-state index >= 15 is 8.42 Å². The van der Waals surface area contributed by atoms with Crippen LogP contribution in [0, 0.1) is 13.8 Å². The first kappa shape index (κ1) is 49.5. The molecule has 7 aromatic carbocycles. The molecule has 0 saturated heterocycles. The minimum absolute atomic E-state index is 0.163. The van der Waals surface area contributed by atoms with Gasteiger partial charge in [-0.2, -0.15) is 25.3 Å². The largest absolute Gasteiger partial charge is 0.375 e. The molecule has 0 aliphatic heterocycles. The zero-order valence-electron chi connectivity index (χ0n) is 39.7. The second kappa shape index (κ2) is 17.9. The average Bonchev–Trinajstić information content (AvgIpc) is 3.25. The lowest BCUT2D eigenvalue weighted by Gasteiger charge is -2.40. The monoisotopic (exact) mass is 978 g/mol. The Hall–Kier alpha value is -5.44. The first-order valence-electron chi connectivity index (χ1n) is 21.8. The van der Waals surface area contributed by atoms with Gasteiger partial charge in [0.1, 0.15) is 9.79 Å². The van der Waals surface area contributed by atoms with Gasteiger partial charge in [0.05, 0.1) is 4.90 Å². The fourth-order valence-electron chi connectivity index (χ4n) is 7.40. The first-order valence-corrected chi connectivity index (χ1v) is 27.6. The van der Waals surface area contributed by atoms with Crippen LogP contribution in [0.5, 0.6) is 11.5 Å². The fourth-order valence-corrected chi connectivity index (χ4v) is 14.5. The van der Waals surface area contributed by atoms with E-state index in [1.807, 2.05) is 79.7 Å². The summed E-state index contributed by atoms with van der Waals surface area (Å²) in [5, 5.41) is 0.540. The van der Waals surface area contributed by atoms with Crippen LogP contribution in [0.15, 0.2) is 181 Å². The summed E-state index contributed by atoms with van der Waals surface area (Å²) in [4.78, 5) is 1.40. The van der Waals surface area contributed by atoms with E-state index in [2.05, 4.69) is 62.3 Å². The Morgan fingerprint density at radius 3 is 0.955 bits per heavy atom. The molecule has 9 nitrogen and oxygen atoms in total. The molecule has 67 heavy (non-hydrogen) atoms. The van der Waals surface area contributed by atoms with Crippen molar-refractivity contribution in [3.63, 3.8) is 0 Å². The molecule has 0 N–H and O–H groups in total. The highest BCUT2D eigenvalue weighted by Gasteiger charge is 2.39. The second-order valence-corrected chi connectivity index (χ2v) is 27.5. The molecule has 0 bridgehead atoms. The SMILES string of the molecule is Cc1ccc(S(=O)(=O)Oc2cc3ccc(S(=O)(=O)OS(c4ccc(C(C)(C)C)cc4)(c4ccc(C(C)(C)C)cc4)c4ccc(C(C)(C)C)cc4)cc3cc2OS(=O)(=O)c2ccc(C)cc2)cc1. The Kier molecular flexibility index (Phi) is 13.2. The van der Waals surface area contributed by atoms with E-state index < -0.39 is 52.2 Å². The molecule has 0 atom stereocenters. The van der Waals surface area contributed by atoms with Crippen molar-refractivity contribution in [1.29, 1.82) is 0 Å². The van der Waals surface area contributed by atoms with E-state index in [4.69, 9.17) is 12.0 Å². The van der Waals surface area contributed by atoms with E-state index in [-0.39, 0.29) is 36.3 Å². The Morgan fingerprint density at radius 2 is 0.627 bits per heavy atom. The van der Waals surface area contributed by atoms with Gasteiger partial charge in [-0.05, 0) is 153 Å². The van der Waals surface area contributed by atoms with Crippen LogP contribution in [-0.2, 0) is 50.2 Å². The zero-order valence-corrected chi connectivity index (χ0v) is 43.0.